The van der Waals surface area contributed by atoms with Crippen molar-refractivity contribution in [3.8, 4) is 0 Å². The Hall–Kier alpha value is -1.13. The summed E-state index contributed by atoms with van der Waals surface area (Å²) >= 11 is 1.57. The quantitative estimate of drug-likeness (QED) is 0.904. The van der Waals surface area contributed by atoms with Crippen molar-refractivity contribution < 1.29 is 0 Å². The highest BCUT2D eigenvalue weighted by Crippen LogP contribution is 2.28. The molecule has 1 aliphatic rings. The Labute approximate surface area is 106 Å². The Morgan fingerprint density at radius 3 is 3.18 bits per heavy atom. The Balaban J connectivity index is 1.69. The monoisotopic (exact) mass is 247 g/mol. The second-order valence-electron chi connectivity index (χ2n) is 4.83. The van der Waals surface area contributed by atoms with E-state index in [0.29, 0.717) is 0 Å². The molecule has 1 aromatic heterocycles. The van der Waals surface area contributed by atoms with Crippen molar-refractivity contribution in [2.24, 2.45) is 5.92 Å². The molecule has 2 heterocycles. The van der Waals surface area contributed by atoms with Gasteiger partial charge in [-0.05, 0) is 49.6 Å². The smallest absolute Gasteiger partial charge is 0.117 e. The number of nitrogens with one attached hydrogen (secondary N) is 1. The van der Waals surface area contributed by atoms with Crippen LogP contribution < -0.4 is 5.32 Å². The van der Waals surface area contributed by atoms with Crippen molar-refractivity contribution in [2.75, 3.05) is 32.0 Å². The standard InChI is InChI=1S/C13H17N3S/c1-16-7-6-10(9-16)8-14-13-11-4-2-3-5-12(11)15-17-13/h2-5,10,14H,6-9H2,1H3. The minimum Gasteiger partial charge on any atom is -0.375 e. The predicted molar refractivity (Wildman–Crippen MR) is 73.7 cm³/mol. The molecule has 1 aromatic carbocycles. The van der Waals surface area contributed by atoms with Gasteiger partial charge in [-0.15, -0.1) is 0 Å². The summed E-state index contributed by atoms with van der Waals surface area (Å²) in [5.74, 6) is 0.779. The van der Waals surface area contributed by atoms with Crippen LogP contribution in [0.15, 0.2) is 24.3 Å². The van der Waals surface area contributed by atoms with Gasteiger partial charge in [0, 0.05) is 18.5 Å². The van der Waals surface area contributed by atoms with Crippen LogP contribution in [0.5, 0.6) is 0 Å². The number of anilines is 1. The summed E-state index contributed by atoms with van der Waals surface area (Å²) in [4.78, 5) is 2.40. The number of hydrogen-bond donors (Lipinski definition) is 1. The Bertz CT molecular complexity index is 508. The molecule has 1 aliphatic heterocycles. The van der Waals surface area contributed by atoms with Crippen LogP contribution >= 0.6 is 11.5 Å². The van der Waals surface area contributed by atoms with Gasteiger partial charge in [-0.1, -0.05) is 12.1 Å². The lowest BCUT2D eigenvalue weighted by Crippen LogP contribution is -2.18. The van der Waals surface area contributed by atoms with Gasteiger partial charge in [0.15, 0.2) is 0 Å². The van der Waals surface area contributed by atoms with E-state index in [1.165, 1.54) is 29.9 Å². The fourth-order valence-corrected chi connectivity index (χ4v) is 3.21. The maximum Gasteiger partial charge on any atom is 0.117 e. The third-order valence-electron chi connectivity index (χ3n) is 3.42. The molecule has 1 unspecified atom stereocenters. The van der Waals surface area contributed by atoms with Gasteiger partial charge < -0.3 is 10.2 Å². The molecule has 1 atom stereocenters. The molecule has 0 radical (unpaired) electrons. The van der Waals surface area contributed by atoms with Crippen LogP contribution in [-0.4, -0.2) is 36.0 Å². The molecule has 1 fully saturated rings. The highest BCUT2D eigenvalue weighted by molar-refractivity contribution is 7.11. The van der Waals surface area contributed by atoms with E-state index in [1.807, 2.05) is 6.07 Å². The van der Waals surface area contributed by atoms with E-state index < -0.39 is 0 Å². The largest absolute Gasteiger partial charge is 0.375 e. The van der Waals surface area contributed by atoms with Crippen molar-refractivity contribution in [3.63, 3.8) is 0 Å². The second-order valence-corrected chi connectivity index (χ2v) is 5.60. The van der Waals surface area contributed by atoms with Crippen LogP contribution in [0.2, 0.25) is 0 Å². The van der Waals surface area contributed by atoms with Crippen molar-refractivity contribution >= 4 is 27.4 Å². The molecule has 0 aliphatic carbocycles. The number of fused-ring (bicyclic) bond motifs is 1. The maximum absolute atomic E-state index is 4.45. The molecular weight excluding hydrogens is 230 g/mol. The zero-order valence-corrected chi connectivity index (χ0v) is 10.8. The van der Waals surface area contributed by atoms with Gasteiger partial charge in [-0.25, -0.2) is 0 Å². The van der Waals surface area contributed by atoms with Gasteiger partial charge in [0.2, 0.25) is 0 Å². The second kappa shape index (κ2) is 4.63. The van der Waals surface area contributed by atoms with Gasteiger partial charge in [0.25, 0.3) is 0 Å². The molecule has 90 valence electrons. The third-order valence-corrected chi connectivity index (χ3v) is 4.26. The summed E-state index contributed by atoms with van der Waals surface area (Å²) in [5, 5.41) is 6.03. The molecule has 2 aromatic rings. The van der Waals surface area contributed by atoms with Gasteiger partial charge >= 0.3 is 0 Å². The van der Waals surface area contributed by atoms with Crippen molar-refractivity contribution in [1.29, 1.82) is 0 Å². The number of benzene rings is 1. The fraction of sp³-hybridized carbons (Fsp3) is 0.462. The van der Waals surface area contributed by atoms with Crippen molar-refractivity contribution in [1.82, 2.24) is 9.27 Å². The van der Waals surface area contributed by atoms with Crippen LogP contribution in [0.1, 0.15) is 6.42 Å². The van der Waals surface area contributed by atoms with Gasteiger partial charge in [-0.3, -0.25) is 0 Å². The minimum atomic E-state index is 0.779. The third kappa shape index (κ3) is 2.28. The number of nitrogens with zero attached hydrogens (tertiary/aromatic N) is 2. The molecule has 0 amide bonds. The summed E-state index contributed by atoms with van der Waals surface area (Å²) < 4.78 is 4.45. The maximum atomic E-state index is 4.45. The molecule has 3 rings (SSSR count). The van der Waals surface area contributed by atoms with Crippen molar-refractivity contribution in [2.45, 2.75) is 6.42 Å². The first-order valence-electron chi connectivity index (χ1n) is 6.10. The topological polar surface area (TPSA) is 28.2 Å². The highest BCUT2D eigenvalue weighted by Gasteiger charge is 2.19. The average Bonchev–Trinajstić information content (AvgIpc) is 2.93. The lowest BCUT2D eigenvalue weighted by Gasteiger charge is -2.11. The molecule has 0 spiro atoms. The van der Waals surface area contributed by atoms with Crippen molar-refractivity contribution in [3.05, 3.63) is 24.3 Å². The molecular formula is C13H17N3S. The lowest BCUT2D eigenvalue weighted by molar-refractivity contribution is 0.399. The van der Waals surface area contributed by atoms with Gasteiger partial charge in [0.1, 0.15) is 5.00 Å². The highest BCUT2D eigenvalue weighted by atomic mass is 32.1. The summed E-state index contributed by atoms with van der Waals surface area (Å²) in [6, 6.07) is 8.32. The molecule has 1 saturated heterocycles. The Kier molecular flexibility index (Phi) is 2.99. The number of rotatable bonds is 3. The van der Waals surface area contributed by atoms with E-state index in [0.717, 1.165) is 18.0 Å². The summed E-state index contributed by atoms with van der Waals surface area (Å²) in [6.45, 7) is 3.51. The molecule has 17 heavy (non-hydrogen) atoms. The number of hydrogen-bond acceptors (Lipinski definition) is 4. The fourth-order valence-electron chi connectivity index (χ4n) is 2.45. The summed E-state index contributed by atoms with van der Waals surface area (Å²) in [7, 11) is 2.20. The predicted octanol–water partition coefficient (Wildman–Crippen LogP) is 2.66. The van der Waals surface area contributed by atoms with Crippen LogP contribution in [0.4, 0.5) is 5.00 Å². The Morgan fingerprint density at radius 2 is 2.35 bits per heavy atom. The van der Waals surface area contributed by atoms with Crippen LogP contribution in [0.25, 0.3) is 10.9 Å². The van der Waals surface area contributed by atoms with E-state index in [4.69, 9.17) is 0 Å². The Morgan fingerprint density at radius 1 is 1.47 bits per heavy atom. The van der Waals surface area contributed by atoms with E-state index in [1.54, 1.807) is 11.5 Å². The normalized spacial score (nSPS) is 21.1. The van der Waals surface area contributed by atoms with E-state index >= 15 is 0 Å². The molecule has 0 saturated carbocycles. The van der Waals surface area contributed by atoms with E-state index in [2.05, 4.69) is 39.8 Å². The first kappa shape index (κ1) is 11.0. The summed E-state index contributed by atoms with van der Waals surface area (Å²) in [5.41, 5.74) is 1.10. The summed E-state index contributed by atoms with van der Waals surface area (Å²) in [6.07, 6.45) is 1.31. The van der Waals surface area contributed by atoms with E-state index in [9.17, 15) is 0 Å². The molecule has 0 bridgehead atoms. The number of likely N-dealkylation sites (tertiary alicyclic amines) is 1. The first-order chi connectivity index (χ1) is 8.33. The average molecular weight is 247 g/mol. The van der Waals surface area contributed by atoms with Crippen LogP contribution in [0, 0.1) is 5.92 Å². The zero-order valence-electron chi connectivity index (χ0n) is 10.0. The van der Waals surface area contributed by atoms with Gasteiger partial charge in [-0.2, -0.15) is 4.37 Å². The SMILES string of the molecule is CN1CCC(CNc2snc3ccccc23)C1. The number of aromatic nitrogens is 1. The molecule has 3 nitrogen and oxygen atoms in total. The van der Waals surface area contributed by atoms with Gasteiger partial charge in [0.05, 0.1) is 5.52 Å². The van der Waals surface area contributed by atoms with E-state index in [-0.39, 0.29) is 0 Å². The lowest BCUT2D eigenvalue weighted by atomic mass is 10.1. The zero-order chi connectivity index (χ0) is 11.7. The molecule has 4 heteroatoms. The molecule has 1 N–H and O–H groups in total. The van der Waals surface area contributed by atoms with Crippen LogP contribution in [-0.2, 0) is 0 Å². The first-order valence-corrected chi connectivity index (χ1v) is 6.87. The minimum absolute atomic E-state index is 0.779. The van der Waals surface area contributed by atoms with Crippen LogP contribution in [0.3, 0.4) is 0 Å².